The molecule has 0 bridgehead atoms. The molecule has 2 N–H and O–H groups in total. The second kappa shape index (κ2) is 7.46. The van der Waals surface area contributed by atoms with E-state index in [9.17, 15) is 4.79 Å². The summed E-state index contributed by atoms with van der Waals surface area (Å²) >= 11 is 0. The lowest BCUT2D eigenvalue weighted by molar-refractivity contribution is 0.0940. The number of nitrogens with zero attached hydrogens (tertiary/aromatic N) is 1. The van der Waals surface area contributed by atoms with Gasteiger partial charge in [0.25, 0.3) is 5.91 Å². The Morgan fingerprint density at radius 1 is 1.38 bits per heavy atom. The van der Waals surface area contributed by atoms with E-state index in [0.29, 0.717) is 12.6 Å². The van der Waals surface area contributed by atoms with Crippen molar-refractivity contribution in [2.45, 2.75) is 45.2 Å². The first-order chi connectivity index (χ1) is 10.1. The quantitative estimate of drug-likeness (QED) is 0.773. The summed E-state index contributed by atoms with van der Waals surface area (Å²) in [6, 6.07) is 8.80. The van der Waals surface area contributed by atoms with Crippen molar-refractivity contribution in [3.63, 3.8) is 0 Å². The highest BCUT2D eigenvalue weighted by molar-refractivity contribution is 5.99. The minimum atomic E-state index is 0.00486. The second-order valence-corrected chi connectivity index (χ2v) is 5.93. The molecule has 0 aliphatic heterocycles. The van der Waals surface area contributed by atoms with Crippen molar-refractivity contribution in [1.29, 1.82) is 0 Å². The fraction of sp³-hybridized carbons (Fsp3) is 0.588. The number of rotatable bonds is 8. The molecular formula is C17H27N3O. The summed E-state index contributed by atoms with van der Waals surface area (Å²) in [4.78, 5) is 14.7. The highest BCUT2D eigenvalue weighted by Crippen LogP contribution is 2.26. The molecule has 0 spiro atoms. The van der Waals surface area contributed by atoms with Gasteiger partial charge in [0.1, 0.15) is 0 Å². The molecule has 1 saturated carbocycles. The van der Waals surface area contributed by atoms with Gasteiger partial charge in [0.2, 0.25) is 0 Å². The van der Waals surface area contributed by atoms with Crippen LogP contribution < -0.4 is 10.6 Å². The number of nitrogens with one attached hydrogen (secondary N) is 2. The number of hydrogen-bond donors (Lipinski definition) is 2. The summed E-state index contributed by atoms with van der Waals surface area (Å²) in [7, 11) is 2.14. The van der Waals surface area contributed by atoms with Gasteiger partial charge in [-0.1, -0.05) is 19.1 Å². The Hall–Kier alpha value is -1.55. The minimum Gasteiger partial charge on any atom is -0.384 e. The van der Waals surface area contributed by atoms with Crippen LogP contribution in [0.1, 0.15) is 43.5 Å². The largest absolute Gasteiger partial charge is 0.384 e. The Balaban J connectivity index is 1.90. The van der Waals surface area contributed by atoms with Crippen molar-refractivity contribution in [2.75, 3.05) is 25.5 Å². The van der Waals surface area contributed by atoms with E-state index in [1.54, 1.807) is 0 Å². The number of amides is 1. The number of carbonyl (C=O) groups excluding carboxylic acids is 1. The van der Waals surface area contributed by atoms with Crippen molar-refractivity contribution in [3.05, 3.63) is 29.8 Å². The number of benzene rings is 1. The smallest absolute Gasteiger partial charge is 0.253 e. The second-order valence-electron chi connectivity index (χ2n) is 5.93. The van der Waals surface area contributed by atoms with Crippen molar-refractivity contribution in [2.24, 2.45) is 0 Å². The monoisotopic (exact) mass is 289 g/mol. The van der Waals surface area contributed by atoms with Gasteiger partial charge in [-0.25, -0.2) is 0 Å². The van der Waals surface area contributed by atoms with E-state index in [1.807, 2.05) is 24.3 Å². The first kappa shape index (κ1) is 15.8. The van der Waals surface area contributed by atoms with E-state index in [1.165, 1.54) is 12.8 Å². The van der Waals surface area contributed by atoms with Gasteiger partial charge in [-0.3, -0.25) is 9.69 Å². The van der Waals surface area contributed by atoms with Gasteiger partial charge < -0.3 is 10.6 Å². The molecule has 1 aliphatic rings. The van der Waals surface area contributed by atoms with Gasteiger partial charge in [-0.05, 0) is 45.4 Å². The third-order valence-corrected chi connectivity index (χ3v) is 4.11. The van der Waals surface area contributed by atoms with Gasteiger partial charge in [0, 0.05) is 30.9 Å². The predicted octanol–water partition coefficient (Wildman–Crippen LogP) is 2.72. The highest BCUT2D eigenvalue weighted by atomic mass is 16.1. The molecule has 1 unspecified atom stereocenters. The number of anilines is 1. The van der Waals surface area contributed by atoms with Crippen molar-refractivity contribution in [1.82, 2.24) is 10.2 Å². The molecule has 21 heavy (non-hydrogen) atoms. The number of likely N-dealkylation sites (N-methyl/N-ethyl adjacent to an activating group) is 1. The molecule has 0 heterocycles. The average molecular weight is 289 g/mol. The van der Waals surface area contributed by atoms with Crippen LogP contribution in [-0.4, -0.2) is 43.0 Å². The van der Waals surface area contributed by atoms with Crippen LogP contribution in [-0.2, 0) is 0 Å². The van der Waals surface area contributed by atoms with Crippen molar-refractivity contribution >= 4 is 11.6 Å². The minimum absolute atomic E-state index is 0.00486. The van der Waals surface area contributed by atoms with E-state index in [4.69, 9.17) is 0 Å². The first-order valence-electron chi connectivity index (χ1n) is 7.96. The molecule has 0 saturated heterocycles. The number of hydrogen-bond acceptors (Lipinski definition) is 3. The zero-order valence-corrected chi connectivity index (χ0v) is 13.4. The van der Waals surface area contributed by atoms with Crippen molar-refractivity contribution < 1.29 is 4.79 Å². The van der Waals surface area contributed by atoms with Crippen molar-refractivity contribution in [3.8, 4) is 0 Å². The maximum Gasteiger partial charge on any atom is 0.253 e. The predicted molar refractivity (Wildman–Crippen MR) is 87.8 cm³/mol. The summed E-state index contributed by atoms with van der Waals surface area (Å²) in [5, 5.41) is 6.37. The molecule has 4 nitrogen and oxygen atoms in total. The summed E-state index contributed by atoms with van der Waals surface area (Å²) in [5.41, 5.74) is 1.65. The summed E-state index contributed by atoms with van der Waals surface area (Å²) < 4.78 is 0. The summed E-state index contributed by atoms with van der Waals surface area (Å²) in [6.45, 7) is 5.85. The lowest BCUT2D eigenvalue weighted by Crippen LogP contribution is -2.41. The summed E-state index contributed by atoms with van der Waals surface area (Å²) in [6.07, 6.45) is 3.62. The third kappa shape index (κ3) is 4.46. The van der Waals surface area contributed by atoms with E-state index in [2.05, 4.69) is 36.4 Å². The van der Waals surface area contributed by atoms with Crippen LogP contribution in [0.5, 0.6) is 0 Å². The molecule has 1 aliphatic carbocycles. The van der Waals surface area contributed by atoms with E-state index in [0.717, 1.165) is 30.3 Å². The number of carbonyl (C=O) groups is 1. The molecule has 0 radical (unpaired) electrons. The molecule has 2 rings (SSSR count). The van der Waals surface area contributed by atoms with Crippen LogP contribution in [0.4, 0.5) is 5.69 Å². The first-order valence-corrected chi connectivity index (χ1v) is 7.96. The molecule has 4 heteroatoms. The Bertz CT molecular complexity index is 471. The van der Waals surface area contributed by atoms with Crippen LogP contribution in [0.3, 0.4) is 0 Å². The molecule has 1 fully saturated rings. The Labute approximate surface area is 127 Å². The SMILES string of the molecule is CCCNc1ccccc1C(=O)NCC(C)N(C)C1CC1. The maximum absolute atomic E-state index is 12.4. The van der Waals surface area contributed by atoms with E-state index in [-0.39, 0.29) is 5.91 Å². The van der Waals surface area contributed by atoms with E-state index < -0.39 is 0 Å². The normalized spacial score (nSPS) is 15.8. The molecule has 116 valence electrons. The van der Waals surface area contributed by atoms with Gasteiger partial charge in [0.05, 0.1) is 5.56 Å². The van der Waals surface area contributed by atoms with Crippen LogP contribution in [0.25, 0.3) is 0 Å². The Morgan fingerprint density at radius 3 is 2.76 bits per heavy atom. The van der Waals surface area contributed by atoms with Gasteiger partial charge in [0.15, 0.2) is 0 Å². The fourth-order valence-electron chi connectivity index (χ4n) is 2.42. The molecule has 1 amide bonds. The number of para-hydroxylation sites is 1. The third-order valence-electron chi connectivity index (χ3n) is 4.11. The molecule has 1 aromatic rings. The topological polar surface area (TPSA) is 44.4 Å². The fourth-order valence-corrected chi connectivity index (χ4v) is 2.42. The zero-order chi connectivity index (χ0) is 15.2. The summed E-state index contributed by atoms with van der Waals surface area (Å²) in [5.74, 6) is 0.00486. The van der Waals surface area contributed by atoms with Gasteiger partial charge in [-0.15, -0.1) is 0 Å². The Morgan fingerprint density at radius 2 is 2.10 bits per heavy atom. The molecule has 0 aromatic heterocycles. The maximum atomic E-state index is 12.4. The molecular weight excluding hydrogens is 262 g/mol. The molecule has 1 atom stereocenters. The highest BCUT2D eigenvalue weighted by Gasteiger charge is 2.29. The average Bonchev–Trinajstić information content (AvgIpc) is 3.34. The van der Waals surface area contributed by atoms with Crippen LogP contribution >= 0.6 is 0 Å². The standard InChI is InChI=1S/C17H27N3O/c1-4-11-18-16-8-6-5-7-15(16)17(21)19-12-13(2)20(3)14-9-10-14/h5-8,13-14,18H,4,9-12H2,1-3H3,(H,19,21). The van der Waals surface area contributed by atoms with Gasteiger partial charge >= 0.3 is 0 Å². The zero-order valence-electron chi connectivity index (χ0n) is 13.4. The van der Waals surface area contributed by atoms with Gasteiger partial charge in [-0.2, -0.15) is 0 Å². The van der Waals surface area contributed by atoms with E-state index >= 15 is 0 Å². The van der Waals surface area contributed by atoms with Crippen LogP contribution in [0, 0.1) is 0 Å². The lowest BCUT2D eigenvalue weighted by atomic mass is 10.1. The van der Waals surface area contributed by atoms with Crippen LogP contribution in [0.15, 0.2) is 24.3 Å². The van der Waals surface area contributed by atoms with Crippen LogP contribution in [0.2, 0.25) is 0 Å². The Kier molecular flexibility index (Phi) is 5.62. The lowest BCUT2D eigenvalue weighted by Gasteiger charge is -2.24. The molecule has 1 aromatic carbocycles.